The smallest absolute Gasteiger partial charge is 0.336 e. The molecule has 0 radical (unpaired) electrons. The van der Waals surface area contributed by atoms with E-state index in [4.69, 9.17) is 0 Å². The molecule has 0 saturated carbocycles. The van der Waals surface area contributed by atoms with Crippen LogP contribution in [0.5, 0.6) is 0 Å². The highest BCUT2D eigenvalue weighted by Gasteiger charge is 2.54. The van der Waals surface area contributed by atoms with E-state index < -0.39 is 24.0 Å². The number of hydrogen-bond acceptors (Lipinski definition) is 4. The van der Waals surface area contributed by atoms with E-state index in [1.165, 1.54) is 17.0 Å². The van der Waals surface area contributed by atoms with Gasteiger partial charge >= 0.3 is 6.18 Å². The van der Waals surface area contributed by atoms with Crippen molar-refractivity contribution in [2.75, 3.05) is 33.2 Å². The van der Waals surface area contributed by atoms with Gasteiger partial charge in [0.25, 0.3) is 0 Å². The molecule has 2 amide bonds. The van der Waals surface area contributed by atoms with E-state index in [1.54, 1.807) is 4.90 Å². The number of hydrazine groups is 1. The maximum Gasteiger partial charge on any atom is 0.402 e. The van der Waals surface area contributed by atoms with Gasteiger partial charge in [0, 0.05) is 39.3 Å². The highest BCUT2D eigenvalue weighted by Crippen LogP contribution is 2.34. The number of halogens is 3. The second-order valence-electron chi connectivity index (χ2n) is 7.16. The molecule has 0 aliphatic carbocycles. The second-order valence-corrected chi connectivity index (χ2v) is 7.16. The zero-order chi connectivity index (χ0) is 19.8. The van der Waals surface area contributed by atoms with Crippen molar-refractivity contribution in [3.63, 3.8) is 0 Å². The van der Waals surface area contributed by atoms with Crippen LogP contribution in [0.4, 0.5) is 13.2 Å². The second kappa shape index (κ2) is 7.47. The number of aryl methyl sites for hydroxylation is 1. The third kappa shape index (κ3) is 4.24. The molecular formula is C18H23F3N4O2. The largest absolute Gasteiger partial charge is 0.402 e. The van der Waals surface area contributed by atoms with Gasteiger partial charge in [0.15, 0.2) is 5.92 Å². The first kappa shape index (κ1) is 19.6. The summed E-state index contributed by atoms with van der Waals surface area (Å²) in [6.07, 6.45) is -4.66. The Morgan fingerprint density at radius 2 is 1.89 bits per heavy atom. The first-order valence-electron chi connectivity index (χ1n) is 8.81. The molecule has 2 unspecified atom stereocenters. The number of nitrogens with one attached hydrogen (secondary N) is 1. The third-order valence-electron chi connectivity index (χ3n) is 5.22. The number of likely N-dealkylation sites (N-methyl/N-ethyl adjacent to an activating group) is 1. The van der Waals surface area contributed by atoms with Crippen molar-refractivity contribution in [1.29, 1.82) is 0 Å². The van der Waals surface area contributed by atoms with E-state index in [2.05, 4.69) is 5.43 Å². The SMILES string of the molecule is Cc1ccccc1CN1CCN(C2CN(C)NC(=O)C2C(F)(F)F)CC1=O. The molecular weight excluding hydrogens is 361 g/mol. The van der Waals surface area contributed by atoms with E-state index in [0.29, 0.717) is 19.6 Å². The van der Waals surface area contributed by atoms with Crippen LogP contribution in [0.15, 0.2) is 24.3 Å². The lowest BCUT2D eigenvalue weighted by Gasteiger charge is -2.45. The van der Waals surface area contributed by atoms with Crippen molar-refractivity contribution in [3.05, 3.63) is 35.4 Å². The molecule has 2 heterocycles. The van der Waals surface area contributed by atoms with Crippen LogP contribution in [-0.4, -0.2) is 72.1 Å². The summed E-state index contributed by atoms with van der Waals surface area (Å²) < 4.78 is 40.3. The van der Waals surface area contributed by atoms with Crippen LogP contribution < -0.4 is 5.43 Å². The first-order chi connectivity index (χ1) is 12.7. The van der Waals surface area contributed by atoms with Crippen LogP contribution >= 0.6 is 0 Å². The minimum Gasteiger partial charge on any atom is -0.336 e. The van der Waals surface area contributed by atoms with Crippen LogP contribution in [0.2, 0.25) is 0 Å². The molecule has 2 aliphatic heterocycles. The summed E-state index contributed by atoms with van der Waals surface area (Å²) >= 11 is 0. The van der Waals surface area contributed by atoms with Crippen LogP contribution in [-0.2, 0) is 16.1 Å². The fourth-order valence-corrected chi connectivity index (χ4v) is 3.73. The summed E-state index contributed by atoms with van der Waals surface area (Å²) in [4.78, 5) is 27.7. The number of nitrogens with zero attached hydrogens (tertiary/aromatic N) is 3. The van der Waals surface area contributed by atoms with E-state index in [-0.39, 0.29) is 19.0 Å². The molecule has 6 nitrogen and oxygen atoms in total. The minimum atomic E-state index is -4.66. The van der Waals surface area contributed by atoms with Crippen molar-refractivity contribution in [2.45, 2.75) is 25.7 Å². The number of piperazine rings is 1. The lowest BCUT2D eigenvalue weighted by atomic mass is 9.93. The van der Waals surface area contributed by atoms with Gasteiger partial charge in [-0.25, -0.2) is 5.01 Å². The molecule has 2 atom stereocenters. The number of rotatable bonds is 3. The summed E-state index contributed by atoms with van der Waals surface area (Å²) in [5.74, 6) is -3.43. The fraction of sp³-hybridized carbons (Fsp3) is 0.556. The van der Waals surface area contributed by atoms with Gasteiger partial charge in [-0.05, 0) is 18.1 Å². The zero-order valence-corrected chi connectivity index (χ0v) is 15.3. The molecule has 9 heteroatoms. The lowest BCUT2D eigenvalue weighted by molar-refractivity contribution is -0.208. The Morgan fingerprint density at radius 1 is 1.19 bits per heavy atom. The number of benzene rings is 1. The Balaban J connectivity index is 1.71. The maximum atomic E-state index is 13.4. The molecule has 1 N–H and O–H groups in total. The van der Waals surface area contributed by atoms with E-state index >= 15 is 0 Å². The molecule has 2 saturated heterocycles. The summed E-state index contributed by atoms with van der Waals surface area (Å²) in [5, 5.41) is 1.35. The van der Waals surface area contributed by atoms with Crippen LogP contribution in [0.25, 0.3) is 0 Å². The highest BCUT2D eigenvalue weighted by molar-refractivity contribution is 5.81. The molecule has 148 valence electrons. The fourth-order valence-electron chi connectivity index (χ4n) is 3.73. The van der Waals surface area contributed by atoms with Crippen molar-refractivity contribution in [1.82, 2.24) is 20.2 Å². The number of carbonyl (C=O) groups is 2. The Labute approximate surface area is 155 Å². The number of hydrogen-bond donors (Lipinski definition) is 1. The van der Waals surface area contributed by atoms with E-state index in [0.717, 1.165) is 11.1 Å². The molecule has 1 aromatic carbocycles. The molecule has 2 fully saturated rings. The Hall–Kier alpha value is -2.13. The predicted molar refractivity (Wildman–Crippen MR) is 92.3 cm³/mol. The lowest BCUT2D eigenvalue weighted by Crippen LogP contribution is -2.67. The summed E-state index contributed by atoms with van der Waals surface area (Å²) in [5.41, 5.74) is 4.30. The molecule has 3 rings (SSSR count). The van der Waals surface area contributed by atoms with Gasteiger partial charge in [0.05, 0.1) is 6.54 Å². The highest BCUT2D eigenvalue weighted by atomic mass is 19.4. The average Bonchev–Trinajstić information content (AvgIpc) is 2.56. The van der Waals surface area contributed by atoms with Crippen LogP contribution in [0, 0.1) is 12.8 Å². The first-order valence-corrected chi connectivity index (χ1v) is 8.81. The Bertz CT molecular complexity index is 725. The van der Waals surface area contributed by atoms with Gasteiger partial charge in [-0.1, -0.05) is 24.3 Å². The Morgan fingerprint density at radius 3 is 2.52 bits per heavy atom. The number of carbonyl (C=O) groups excluding carboxylic acids is 2. The summed E-state index contributed by atoms with van der Waals surface area (Å²) in [6, 6.07) is 6.64. The van der Waals surface area contributed by atoms with Gasteiger partial charge in [0.2, 0.25) is 11.8 Å². The van der Waals surface area contributed by atoms with Gasteiger partial charge in [-0.3, -0.25) is 19.9 Å². The van der Waals surface area contributed by atoms with Crippen molar-refractivity contribution in [3.8, 4) is 0 Å². The van der Waals surface area contributed by atoms with E-state index in [1.807, 2.05) is 31.2 Å². The monoisotopic (exact) mass is 384 g/mol. The van der Waals surface area contributed by atoms with Gasteiger partial charge in [-0.15, -0.1) is 0 Å². The molecule has 0 bridgehead atoms. The number of alkyl halides is 3. The van der Waals surface area contributed by atoms with E-state index in [9.17, 15) is 22.8 Å². The van der Waals surface area contributed by atoms with Gasteiger partial charge in [-0.2, -0.15) is 13.2 Å². The molecule has 1 aromatic rings. The quantitative estimate of drug-likeness (QED) is 0.850. The standard InChI is InChI=1S/C18H23F3N4O2/c1-12-5-3-4-6-13(12)9-25-8-7-24(11-15(25)26)14-10-23(2)22-17(27)16(14)18(19,20)21/h3-6,14,16H,7-11H2,1-2H3,(H,22,27). The third-order valence-corrected chi connectivity index (χ3v) is 5.22. The Kier molecular flexibility index (Phi) is 5.43. The molecule has 2 aliphatic rings. The summed E-state index contributed by atoms with van der Waals surface area (Å²) in [7, 11) is 1.52. The van der Waals surface area contributed by atoms with Crippen LogP contribution in [0.1, 0.15) is 11.1 Å². The molecule has 27 heavy (non-hydrogen) atoms. The van der Waals surface area contributed by atoms with Crippen molar-refractivity contribution < 1.29 is 22.8 Å². The normalized spacial score (nSPS) is 25.6. The van der Waals surface area contributed by atoms with Crippen molar-refractivity contribution in [2.24, 2.45) is 5.92 Å². The van der Waals surface area contributed by atoms with Gasteiger partial charge in [0.1, 0.15) is 0 Å². The zero-order valence-electron chi connectivity index (χ0n) is 15.3. The van der Waals surface area contributed by atoms with Gasteiger partial charge < -0.3 is 4.90 Å². The van der Waals surface area contributed by atoms with Crippen LogP contribution in [0.3, 0.4) is 0 Å². The van der Waals surface area contributed by atoms with Crippen molar-refractivity contribution >= 4 is 11.8 Å². The predicted octanol–water partition coefficient (Wildman–Crippen LogP) is 1.16. The topological polar surface area (TPSA) is 55.9 Å². The molecule has 0 aromatic heterocycles. The molecule has 0 spiro atoms. The minimum absolute atomic E-state index is 0.0149. The number of amides is 2. The average molecular weight is 384 g/mol. The maximum absolute atomic E-state index is 13.4. The summed E-state index contributed by atoms with van der Waals surface area (Å²) in [6.45, 7) is 2.92.